The fourth-order valence-corrected chi connectivity index (χ4v) is 11.4. The predicted octanol–water partition coefficient (Wildman–Crippen LogP) is 16.3. The van der Waals surface area contributed by atoms with Gasteiger partial charge in [0.1, 0.15) is 0 Å². The first-order valence-electron chi connectivity index (χ1n) is 23.1. The van der Waals surface area contributed by atoms with Crippen LogP contribution in [0.5, 0.6) is 0 Å². The van der Waals surface area contributed by atoms with Gasteiger partial charge in [0.2, 0.25) is 0 Å². The number of para-hydroxylation sites is 3. The van der Waals surface area contributed by atoms with Gasteiger partial charge in [-0.1, -0.05) is 115 Å². The molecule has 0 unspecified atom stereocenters. The third kappa shape index (κ3) is 4.85. The van der Waals surface area contributed by atoms with Crippen molar-refractivity contribution in [1.29, 1.82) is 0 Å². The zero-order valence-corrected chi connectivity index (χ0v) is 33.2. The van der Waals surface area contributed by atoms with E-state index in [2.05, 4.69) is 132 Å². The van der Waals surface area contributed by atoms with E-state index in [0.29, 0.717) is 5.69 Å². The number of nitrogens with zero attached hydrogens (tertiary/aromatic N) is 2. The molecule has 13 rings (SSSR count). The first-order chi connectivity index (χ1) is 32.1. The highest BCUT2D eigenvalue weighted by atomic mass is 32.1. The van der Waals surface area contributed by atoms with Crippen molar-refractivity contribution in [2.75, 3.05) is 0 Å². The molecule has 0 atom stereocenters. The van der Waals surface area contributed by atoms with Crippen molar-refractivity contribution in [3.63, 3.8) is 0 Å². The molecule has 0 fully saturated rings. The molecular weight excluding hydrogens is 753 g/mol. The molecule has 13 aromatic rings. The van der Waals surface area contributed by atoms with Crippen molar-refractivity contribution in [2.45, 2.75) is 6.92 Å². The number of rotatable bonds is 4. The standard InChI is InChI=1S/C55H34N2S2/c1-33-21-25-49-43(29-33)39-11-2-6-17-47(39)56(49)36-24-26-50-44(32-36)40-12-3-7-18-48(40)57(50)55-37(34-22-27-53-45(30-34)41-13-4-8-19-51(41)58-53)15-10-16-38(55)35-23-28-54-46(31-35)42-14-5-9-20-52(42)59-54/h2-32H,1H3/i2D,6D,11D,17D,21D,25D,29D. The normalized spacial score (nSPS) is 13.8. The highest BCUT2D eigenvalue weighted by Gasteiger charge is 2.22. The Labute approximate surface area is 357 Å². The summed E-state index contributed by atoms with van der Waals surface area (Å²) in [5.74, 6) is 0. The lowest BCUT2D eigenvalue weighted by Gasteiger charge is -2.19. The van der Waals surface area contributed by atoms with E-state index in [0.717, 1.165) is 49.7 Å². The van der Waals surface area contributed by atoms with E-state index in [-0.39, 0.29) is 57.6 Å². The maximum atomic E-state index is 9.28. The zero-order chi connectivity index (χ0) is 44.9. The third-order valence-electron chi connectivity index (χ3n) is 11.8. The number of thiophene rings is 2. The predicted molar refractivity (Wildman–Crippen MR) is 257 cm³/mol. The Morgan fingerprint density at radius 1 is 0.407 bits per heavy atom. The smallest absolute Gasteiger partial charge is 0.0645 e. The van der Waals surface area contributed by atoms with Gasteiger partial charge >= 0.3 is 0 Å². The minimum absolute atomic E-state index is 0.0242. The van der Waals surface area contributed by atoms with E-state index >= 15 is 0 Å². The summed E-state index contributed by atoms with van der Waals surface area (Å²) in [7, 11) is 0. The zero-order valence-electron chi connectivity index (χ0n) is 38.6. The molecule has 0 saturated carbocycles. The van der Waals surface area contributed by atoms with E-state index in [4.69, 9.17) is 5.48 Å². The van der Waals surface area contributed by atoms with Gasteiger partial charge in [-0.3, -0.25) is 0 Å². The van der Waals surface area contributed by atoms with Crippen molar-refractivity contribution < 1.29 is 9.60 Å². The summed E-state index contributed by atoms with van der Waals surface area (Å²) in [6.07, 6.45) is 0. The van der Waals surface area contributed by atoms with Crippen LogP contribution in [0.25, 0.3) is 118 Å². The Kier molecular flexibility index (Phi) is 5.69. The molecule has 0 N–H and O–H groups in total. The fourth-order valence-electron chi connectivity index (χ4n) is 9.24. The van der Waals surface area contributed by atoms with Gasteiger partial charge < -0.3 is 9.13 Å². The second-order valence-corrected chi connectivity index (χ2v) is 17.3. The number of hydrogen-bond donors (Lipinski definition) is 0. The maximum absolute atomic E-state index is 9.28. The van der Waals surface area contributed by atoms with Gasteiger partial charge in [0.05, 0.1) is 37.3 Å². The summed E-state index contributed by atoms with van der Waals surface area (Å²) in [6.45, 7) is 1.62. The Balaban J connectivity index is 1.14. The average Bonchev–Trinajstić information content (AvgIpc) is 4.11. The van der Waals surface area contributed by atoms with Crippen molar-refractivity contribution in [3.05, 3.63) is 193 Å². The number of hydrogen-bond acceptors (Lipinski definition) is 2. The van der Waals surface area contributed by atoms with Gasteiger partial charge in [-0.2, -0.15) is 0 Å². The number of fused-ring (bicyclic) bond motifs is 12. The molecule has 0 bridgehead atoms. The molecular formula is C55H34N2S2. The molecule has 0 radical (unpaired) electrons. The lowest BCUT2D eigenvalue weighted by atomic mass is 9.94. The Hall–Kier alpha value is -6.98. The monoisotopic (exact) mass is 793 g/mol. The van der Waals surface area contributed by atoms with Gasteiger partial charge in [-0.25, -0.2) is 0 Å². The second kappa shape index (κ2) is 12.5. The first-order valence-corrected chi connectivity index (χ1v) is 21.2. The van der Waals surface area contributed by atoms with Crippen LogP contribution in [0.2, 0.25) is 0 Å². The molecule has 0 aliphatic carbocycles. The molecule has 59 heavy (non-hydrogen) atoms. The van der Waals surface area contributed by atoms with Gasteiger partial charge in [-0.05, 0) is 96.8 Å². The summed E-state index contributed by atoms with van der Waals surface area (Å²) in [6, 6.07) is 50.0. The van der Waals surface area contributed by atoms with Crippen LogP contribution in [0.3, 0.4) is 0 Å². The summed E-state index contributed by atoms with van der Waals surface area (Å²) in [5, 5.41) is 7.16. The topological polar surface area (TPSA) is 9.86 Å². The van der Waals surface area contributed by atoms with E-state index in [1.165, 1.54) is 40.3 Å². The van der Waals surface area contributed by atoms with Crippen LogP contribution >= 0.6 is 22.7 Å². The van der Waals surface area contributed by atoms with Crippen molar-refractivity contribution >= 4 is 107 Å². The minimum atomic E-state index is -0.407. The van der Waals surface area contributed by atoms with Crippen LogP contribution in [-0.2, 0) is 0 Å². The molecule has 4 aromatic heterocycles. The maximum Gasteiger partial charge on any atom is 0.0645 e. The number of benzene rings is 9. The van der Waals surface area contributed by atoms with Crippen LogP contribution in [0.4, 0.5) is 0 Å². The van der Waals surface area contributed by atoms with Crippen LogP contribution in [0, 0.1) is 6.92 Å². The molecule has 4 heteroatoms. The lowest BCUT2D eigenvalue weighted by molar-refractivity contribution is 1.17. The van der Waals surface area contributed by atoms with Crippen molar-refractivity contribution in [2.24, 2.45) is 0 Å². The van der Waals surface area contributed by atoms with Gasteiger partial charge in [0.15, 0.2) is 0 Å². The minimum Gasteiger partial charge on any atom is -0.309 e. The van der Waals surface area contributed by atoms with Gasteiger partial charge in [0.25, 0.3) is 0 Å². The molecule has 4 heterocycles. The van der Waals surface area contributed by atoms with Crippen molar-refractivity contribution in [3.8, 4) is 33.6 Å². The molecule has 0 aliphatic rings. The fraction of sp³-hybridized carbons (Fsp3) is 0.0182. The summed E-state index contributed by atoms with van der Waals surface area (Å²) < 4.78 is 71.9. The van der Waals surface area contributed by atoms with E-state index in [1.54, 1.807) is 34.2 Å². The van der Waals surface area contributed by atoms with Gasteiger partial charge in [-0.15, -0.1) is 22.7 Å². The average molecular weight is 794 g/mol. The van der Waals surface area contributed by atoms with Crippen LogP contribution in [0.15, 0.2) is 188 Å². The largest absolute Gasteiger partial charge is 0.309 e. The molecule has 9 aromatic carbocycles. The first kappa shape index (κ1) is 26.8. The van der Waals surface area contributed by atoms with Gasteiger partial charge in [0, 0.05) is 78.7 Å². The van der Waals surface area contributed by atoms with Crippen LogP contribution in [0.1, 0.15) is 15.2 Å². The second-order valence-electron chi connectivity index (χ2n) is 15.2. The molecule has 0 aliphatic heterocycles. The quantitative estimate of drug-likeness (QED) is 0.168. The summed E-state index contributed by atoms with van der Waals surface area (Å²) in [5.41, 5.74) is 8.43. The molecule has 0 spiro atoms. The number of aromatic nitrogens is 2. The molecule has 2 nitrogen and oxygen atoms in total. The summed E-state index contributed by atoms with van der Waals surface area (Å²) >= 11 is 3.60. The molecule has 0 amide bonds. The Bertz CT molecular complexity index is 4080. The van der Waals surface area contributed by atoms with Crippen LogP contribution in [-0.4, -0.2) is 9.13 Å². The lowest BCUT2D eigenvalue weighted by Crippen LogP contribution is -2.01. The van der Waals surface area contributed by atoms with E-state index < -0.39 is 12.1 Å². The summed E-state index contributed by atoms with van der Waals surface area (Å²) in [4.78, 5) is 0. The molecule has 0 saturated heterocycles. The Morgan fingerprint density at radius 3 is 1.71 bits per heavy atom. The molecule has 276 valence electrons. The Morgan fingerprint density at radius 2 is 1.00 bits per heavy atom. The van der Waals surface area contributed by atoms with Crippen LogP contribution < -0.4 is 0 Å². The van der Waals surface area contributed by atoms with E-state index in [9.17, 15) is 4.11 Å². The SMILES string of the molecule is [2H]c1c([2H])c([2H])c2c(c1[2H])c1c([2H])c(C)c([2H])c([2H])c1n2-c1ccc2c(c1)c1ccccc1n2-c1c(-c2ccc3sc4ccccc4c3c2)cccc1-c1ccc2sc3ccccc3c2c1. The highest BCUT2D eigenvalue weighted by molar-refractivity contribution is 7.26. The van der Waals surface area contributed by atoms with Crippen molar-refractivity contribution in [1.82, 2.24) is 9.13 Å². The van der Waals surface area contributed by atoms with E-state index in [1.807, 2.05) is 18.2 Å². The third-order valence-corrected chi connectivity index (χ3v) is 14.1. The highest BCUT2D eigenvalue weighted by Crippen LogP contribution is 2.45.